The highest BCUT2D eigenvalue weighted by atomic mass is 32.2. The first-order valence-electron chi connectivity index (χ1n) is 2.90. The smallest absolute Gasteiger partial charge is 0.0496 e. The highest BCUT2D eigenvalue weighted by molar-refractivity contribution is 7.79. The molecule has 1 rings (SSSR count). The second-order valence-electron chi connectivity index (χ2n) is 1.91. The van der Waals surface area contributed by atoms with Crippen LogP contribution in [0.25, 0.3) is 0 Å². The Morgan fingerprint density at radius 1 is 1.55 bits per heavy atom. The molecule has 0 aliphatic carbocycles. The summed E-state index contributed by atoms with van der Waals surface area (Å²) in [4.78, 5) is 0.223. The van der Waals surface area contributed by atoms with Gasteiger partial charge in [0.05, 0.1) is 0 Å². The minimum absolute atomic E-state index is 0.223. The molecule has 0 bridgehead atoms. The fourth-order valence-electron chi connectivity index (χ4n) is 0.690. The molecule has 60 valence electrons. The van der Waals surface area contributed by atoms with Gasteiger partial charge in [-0.15, -0.1) is 0 Å². The number of nitrogen functional groups attached to an aromatic ring is 1. The standard InChI is InChI=1S/C6H8N2O2S/c7-8-5-2-1-3-6(4-5)11(9)10/h1-4,8H,7H2,(H,9,10)/p-1. The van der Waals surface area contributed by atoms with Crippen LogP contribution in [0.1, 0.15) is 0 Å². The van der Waals surface area contributed by atoms with Gasteiger partial charge in [-0.1, -0.05) is 6.07 Å². The lowest BCUT2D eigenvalue weighted by Gasteiger charge is -2.06. The minimum Gasteiger partial charge on any atom is -0.768 e. The first-order chi connectivity index (χ1) is 5.24. The summed E-state index contributed by atoms with van der Waals surface area (Å²) in [6, 6.07) is 6.23. The van der Waals surface area contributed by atoms with E-state index in [9.17, 15) is 8.76 Å². The van der Waals surface area contributed by atoms with Crippen LogP contribution in [0.4, 0.5) is 5.69 Å². The van der Waals surface area contributed by atoms with Crippen molar-refractivity contribution < 1.29 is 8.76 Å². The van der Waals surface area contributed by atoms with Crippen LogP contribution in [-0.4, -0.2) is 8.76 Å². The third kappa shape index (κ3) is 2.01. The van der Waals surface area contributed by atoms with Crippen molar-refractivity contribution in [2.24, 2.45) is 5.84 Å². The lowest BCUT2D eigenvalue weighted by Crippen LogP contribution is -2.06. The van der Waals surface area contributed by atoms with E-state index in [1.54, 1.807) is 12.1 Å². The van der Waals surface area contributed by atoms with Gasteiger partial charge in [-0.25, -0.2) is 0 Å². The minimum atomic E-state index is -2.19. The van der Waals surface area contributed by atoms with Crippen LogP contribution in [0.15, 0.2) is 29.2 Å². The van der Waals surface area contributed by atoms with Crippen molar-refractivity contribution in [3.05, 3.63) is 24.3 Å². The molecule has 0 aliphatic heterocycles. The molecule has 0 saturated carbocycles. The zero-order valence-corrected chi connectivity index (χ0v) is 6.43. The Labute approximate surface area is 66.7 Å². The Kier molecular flexibility index (Phi) is 2.58. The summed E-state index contributed by atoms with van der Waals surface area (Å²) in [6.07, 6.45) is 0. The van der Waals surface area contributed by atoms with E-state index in [1.807, 2.05) is 0 Å². The van der Waals surface area contributed by atoms with Crippen LogP contribution in [0, 0.1) is 0 Å². The fraction of sp³-hybridized carbons (Fsp3) is 0. The Balaban J connectivity index is 3.01. The van der Waals surface area contributed by atoms with Crippen LogP contribution >= 0.6 is 0 Å². The highest BCUT2D eigenvalue weighted by Crippen LogP contribution is 2.10. The van der Waals surface area contributed by atoms with Gasteiger partial charge in [0.25, 0.3) is 0 Å². The van der Waals surface area contributed by atoms with E-state index in [0.29, 0.717) is 5.69 Å². The molecule has 0 fully saturated rings. The summed E-state index contributed by atoms with van der Waals surface area (Å²) >= 11 is -2.19. The number of hydrogen-bond acceptors (Lipinski definition) is 4. The van der Waals surface area contributed by atoms with Gasteiger partial charge in [0, 0.05) is 10.6 Å². The molecule has 0 heterocycles. The molecule has 0 radical (unpaired) electrons. The van der Waals surface area contributed by atoms with Gasteiger partial charge in [-0.05, 0) is 29.3 Å². The first-order valence-corrected chi connectivity index (χ1v) is 3.97. The average molecular weight is 171 g/mol. The van der Waals surface area contributed by atoms with Crippen molar-refractivity contribution >= 4 is 16.8 Å². The Morgan fingerprint density at radius 2 is 2.27 bits per heavy atom. The number of hydrazine groups is 1. The topological polar surface area (TPSA) is 78.2 Å². The molecule has 3 N–H and O–H groups in total. The molecule has 0 spiro atoms. The summed E-state index contributed by atoms with van der Waals surface area (Å²) in [5.41, 5.74) is 2.92. The predicted molar refractivity (Wildman–Crippen MR) is 41.4 cm³/mol. The van der Waals surface area contributed by atoms with E-state index < -0.39 is 11.1 Å². The quantitative estimate of drug-likeness (QED) is 0.379. The fourth-order valence-corrected chi connectivity index (χ4v) is 1.10. The van der Waals surface area contributed by atoms with E-state index >= 15 is 0 Å². The van der Waals surface area contributed by atoms with Crippen LogP contribution < -0.4 is 11.3 Å². The number of nitrogens with two attached hydrogens (primary N) is 1. The van der Waals surface area contributed by atoms with Crippen molar-refractivity contribution in [1.82, 2.24) is 0 Å². The zero-order valence-electron chi connectivity index (χ0n) is 5.61. The number of rotatable bonds is 2. The van der Waals surface area contributed by atoms with Crippen molar-refractivity contribution in [2.45, 2.75) is 4.90 Å². The van der Waals surface area contributed by atoms with Crippen LogP contribution in [-0.2, 0) is 11.1 Å². The van der Waals surface area contributed by atoms with Crippen molar-refractivity contribution in [2.75, 3.05) is 5.43 Å². The number of benzene rings is 1. The molecule has 1 unspecified atom stereocenters. The Bertz CT molecular complexity index is 277. The normalized spacial score (nSPS) is 12.5. The van der Waals surface area contributed by atoms with Gasteiger partial charge in [-0.3, -0.25) is 10.1 Å². The van der Waals surface area contributed by atoms with Gasteiger partial charge >= 0.3 is 0 Å². The summed E-state index contributed by atoms with van der Waals surface area (Å²) in [6.45, 7) is 0. The van der Waals surface area contributed by atoms with E-state index in [4.69, 9.17) is 5.84 Å². The summed E-state index contributed by atoms with van der Waals surface area (Å²) < 4.78 is 20.8. The summed E-state index contributed by atoms with van der Waals surface area (Å²) in [5, 5.41) is 0. The van der Waals surface area contributed by atoms with Gasteiger partial charge < -0.3 is 9.98 Å². The molecule has 1 aromatic rings. The summed E-state index contributed by atoms with van der Waals surface area (Å²) in [5.74, 6) is 5.07. The maximum absolute atomic E-state index is 10.4. The monoisotopic (exact) mass is 171 g/mol. The highest BCUT2D eigenvalue weighted by Gasteiger charge is 1.92. The lowest BCUT2D eigenvalue weighted by atomic mass is 10.3. The third-order valence-corrected chi connectivity index (χ3v) is 1.83. The van der Waals surface area contributed by atoms with Gasteiger partial charge in [-0.2, -0.15) is 0 Å². The zero-order chi connectivity index (χ0) is 8.27. The Morgan fingerprint density at radius 3 is 2.82 bits per heavy atom. The molecule has 0 aliphatic rings. The maximum Gasteiger partial charge on any atom is 0.0496 e. The molecule has 4 nitrogen and oxygen atoms in total. The second kappa shape index (κ2) is 3.47. The van der Waals surface area contributed by atoms with Crippen LogP contribution in [0.2, 0.25) is 0 Å². The molecular formula is C6H7N2O2S-. The van der Waals surface area contributed by atoms with Crippen molar-refractivity contribution in [3.8, 4) is 0 Å². The second-order valence-corrected chi connectivity index (χ2v) is 2.85. The SMILES string of the molecule is NNc1cccc(S(=O)[O-])c1. The number of nitrogens with one attached hydrogen (secondary N) is 1. The van der Waals surface area contributed by atoms with Crippen LogP contribution in [0.3, 0.4) is 0 Å². The number of anilines is 1. The van der Waals surface area contributed by atoms with Crippen LogP contribution in [0.5, 0.6) is 0 Å². The lowest BCUT2D eigenvalue weighted by molar-refractivity contribution is 0.537. The average Bonchev–Trinajstić information content (AvgIpc) is 2.05. The van der Waals surface area contributed by atoms with Gasteiger partial charge in [0.2, 0.25) is 0 Å². The predicted octanol–water partition coefficient (Wildman–Crippen LogP) is 0.210. The molecule has 0 aromatic heterocycles. The molecule has 5 heteroatoms. The largest absolute Gasteiger partial charge is 0.768 e. The molecule has 0 saturated heterocycles. The van der Waals surface area contributed by atoms with Crippen molar-refractivity contribution in [3.63, 3.8) is 0 Å². The molecular weight excluding hydrogens is 164 g/mol. The molecule has 0 amide bonds. The third-order valence-electron chi connectivity index (χ3n) is 1.19. The molecule has 11 heavy (non-hydrogen) atoms. The maximum atomic E-state index is 10.4. The van der Waals surface area contributed by atoms with E-state index in [2.05, 4.69) is 5.43 Å². The Hall–Kier alpha value is -0.910. The molecule has 1 atom stereocenters. The van der Waals surface area contributed by atoms with E-state index in [-0.39, 0.29) is 4.90 Å². The van der Waals surface area contributed by atoms with Crippen molar-refractivity contribution in [1.29, 1.82) is 0 Å². The van der Waals surface area contributed by atoms with Gasteiger partial charge in [0.1, 0.15) is 0 Å². The van der Waals surface area contributed by atoms with Gasteiger partial charge in [0.15, 0.2) is 0 Å². The van der Waals surface area contributed by atoms with E-state index in [1.165, 1.54) is 12.1 Å². The number of hydrogen-bond donors (Lipinski definition) is 2. The molecule has 1 aromatic carbocycles. The first kappa shape index (κ1) is 8.19. The van der Waals surface area contributed by atoms with E-state index in [0.717, 1.165) is 0 Å². The summed E-state index contributed by atoms with van der Waals surface area (Å²) in [7, 11) is 0.